The van der Waals surface area contributed by atoms with Crippen LogP contribution in [0.5, 0.6) is 0 Å². The number of thioether (sulfide) groups is 1. The number of thiazole rings is 1. The third-order valence-corrected chi connectivity index (χ3v) is 8.55. The van der Waals surface area contributed by atoms with Crippen molar-refractivity contribution in [3.8, 4) is 0 Å². The summed E-state index contributed by atoms with van der Waals surface area (Å²) in [5.74, 6) is 0.305. The van der Waals surface area contributed by atoms with E-state index in [2.05, 4.69) is 16.5 Å². The highest BCUT2D eigenvalue weighted by Crippen LogP contribution is 2.32. The molecule has 1 atom stereocenters. The number of carbonyl (C=O) groups excluding carboxylic acids is 3. The molecule has 4 rings (SSSR count). The van der Waals surface area contributed by atoms with Crippen molar-refractivity contribution < 1.29 is 19.1 Å². The Labute approximate surface area is 220 Å². The minimum atomic E-state index is -0.266. The smallest absolute Gasteiger partial charge is 0.310 e. The Morgan fingerprint density at radius 2 is 2.00 bits per heavy atom. The maximum atomic E-state index is 13.2. The molecule has 2 aromatic heterocycles. The molecule has 2 aliphatic rings. The van der Waals surface area contributed by atoms with Crippen molar-refractivity contribution in [2.45, 2.75) is 43.6 Å². The zero-order chi connectivity index (χ0) is 25.5. The Kier molecular flexibility index (Phi) is 9.14. The predicted molar refractivity (Wildman–Crippen MR) is 140 cm³/mol. The van der Waals surface area contributed by atoms with Gasteiger partial charge >= 0.3 is 5.97 Å². The summed E-state index contributed by atoms with van der Waals surface area (Å²) in [7, 11) is 0. The van der Waals surface area contributed by atoms with E-state index in [0.29, 0.717) is 49.8 Å². The van der Waals surface area contributed by atoms with E-state index in [1.54, 1.807) is 30.2 Å². The Hall–Kier alpha value is -2.72. The third kappa shape index (κ3) is 6.15. The highest BCUT2D eigenvalue weighted by molar-refractivity contribution is 7.99. The first-order chi connectivity index (χ1) is 17.5. The van der Waals surface area contributed by atoms with E-state index in [1.807, 2.05) is 16.3 Å². The lowest BCUT2D eigenvalue weighted by atomic mass is 9.97. The van der Waals surface area contributed by atoms with E-state index in [1.165, 1.54) is 23.1 Å². The van der Waals surface area contributed by atoms with Gasteiger partial charge in [-0.1, -0.05) is 6.08 Å². The second-order valence-corrected chi connectivity index (χ2v) is 10.8. The standard InChI is InChI=1S/C26H32N4O4S2/c1-3-15-35-23-20(8-5-11-27-23)24(31)29-13-9-18(10-14-29)22-28-21(17-36-22)25(32)30-12-6-7-19(16-30)26(33)34-4-2/h3,5,8,11,17-19H,1,4,6-7,9-10,12-16H2,2H3. The molecule has 2 fully saturated rings. The van der Waals surface area contributed by atoms with E-state index in [0.717, 1.165) is 35.7 Å². The second-order valence-electron chi connectivity index (χ2n) is 8.94. The molecule has 36 heavy (non-hydrogen) atoms. The number of amides is 2. The van der Waals surface area contributed by atoms with Crippen molar-refractivity contribution in [1.82, 2.24) is 19.8 Å². The first-order valence-corrected chi connectivity index (χ1v) is 14.3. The molecule has 0 aromatic carbocycles. The van der Waals surface area contributed by atoms with Crippen LogP contribution in [0.2, 0.25) is 0 Å². The lowest BCUT2D eigenvalue weighted by Crippen LogP contribution is -2.43. The van der Waals surface area contributed by atoms with Gasteiger partial charge in [-0.15, -0.1) is 29.7 Å². The van der Waals surface area contributed by atoms with E-state index < -0.39 is 0 Å². The number of piperidine rings is 2. The molecule has 0 N–H and O–H groups in total. The number of likely N-dealkylation sites (tertiary alicyclic amines) is 2. The number of ether oxygens (including phenoxy) is 1. The summed E-state index contributed by atoms with van der Waals surface area (Å²) in [4.78, 5) is 51.0. The second kappa shape index (κ2) is 12.5. The van der Waals surface area contributed by atoms with Gasteiger partial charge in [-0.05, 0) is 44.7 Å². The average molecular weight is 529 g/mol. The minimum Gasteiger partial charge on any atom is -0.466 e. The lowest BCUT2D eigenvalue weighted by molar-refractivity contribution is -0.149. The summed E-state index contributed by atoms with van der Waals surface area (Å²) in [5, 5.41) is 3.49. The van der Waals surface area contributed by atoms with Crippen LogP contribution in [-0.4, -0.2) is 76.1 Å². The van der Waals surface area contributed by atoms with Gasteiger partial charge < -0.3 is 14.5 Å². The fourth-order valence-corrected chi connectivity index (χ4v) is 6.34. The van der Waals surface area contributed by atoms with Crippen molar-refractivity contribution in [1.29, 1.82) is 0 Å². The third-order valence-electron chi connectivity index (χ3n) is 6.54. The molecule has 2 saturated heterocycles. The van der Waals surface area contributed by atoms with Gasteiger partial charge in [0.05, 0.1) is 23.1 Å². The van der Waals surface area contributed by atoms with Crippen LogP contribution in [0.1, 0.15) is 64.4 Å². The molecule has 0 saturated carbocycles. The predicted octanol–water partition coefficient (Wildman–Crippen LogP) is 4.25. The number of aromatic nitrogens is 2. The number of hydrogen-bond acceptors (Lipinski definition) is 8. The van der Waals surface area contributed by atoms with Crippen LogP contribution in [0.25, 0.3) is 0 Å². The summed E-state index contributed by atoms with van der Waals surface area (Å²) in [6, 6.07) is 3.63. The lowest BCUT2D eigenvalue weighted by Gasteiger charge is -2.31. The quantitative estimate of drug-likeness (QED) is 0.287. The molecule has 4 heterocycles. The van der Waals surface area contributed by atoms with E-state index >= 15 is 0 Å². The van der Waals surface area contributed by atoms with E-state index in [-0.39, 0.29) is 29.6 Å². The maximum absolute atomic E-state index is 13.2. The van der Waals surface area contributed by atoms with Crippen LogP contribution in [0.15, 0.2) is 41.4 Å². The number of hydrogen-bond donors (Lipinski definition) is 0. The monoisotopic (exact) mass is 528 g/mol. The number of rotatable bonds is 8. The van der Waals surface area contributed by atoms with E-state index in [9.17, 15) is 14.4 Å². The Bertz CT molecular complexity index is 1100. The molecule has 0 radical (unpaired) electrons. The molecule has 10 heteroatoms. The molecule has 0 spiro atoms. The highest BCUT2D eigenvalue weighted by atomic mass is 32.2. The summed E-state index contributed by atoms with van der Waals surface area (Å²) in [6.45, 7) is 8.17. The average Bonchev–Trinajstić information content (AvgIpc) is 3.42. The molecule has 8 nitrogen and oxygen atoms in total. The van der Waals surface area contributed by atoms with Crippen LogP contribution in [0.3, 0.4) is 0 Å². The van der Waals surface area contributed by atoms with Crippen molar-refractivity contribution >= 4 is 40.9 Å². The largest absolute Gasteiger partial charge is 0.466 e. The molecule has 2 aliphatic heterocycles. The van der Waals surface area contributed by atoms with Crippen LogP contribution >= 0.6 is 23.1 Å². The normalized spacial score (nSPS) is 18.6. The van der Waals surface area contributed by atoms with Crippen LogP contribution in [0.4, 0.5) is 0 Å². The van der Waals surface area contributed by atoms with Gasteiger partial charge in [0.25, 0.3) is 11.8 Å². The van der Waals surface area contributed by atoms with E-state index in [4.69, 9.17) is 4.74 Å². The van der Waals surface area contributed by atoms with Gasteiger partial charge in [0.1, 0.15) is 10.7 Å². The van der Waals surface area contributed by atoms with Gasteiger partial charge in [-0.3, -0.25) is 14.4 Å². The Balaban J connectivity index is 1.34. The summed E-state index contributed by atoms with van der Waals surface area (Å²) >= 11 is 3.02. The molecule has 2 amide bonds. The minimum absolute atomic E-state index is 0.00405. The molecular weight excluding hydrogens is 496 g/mol. The fourth-order valence-electron chi connectivity index (χ4n) is 4.66. The van der Waals surface area contributed by atoms with Crippen LogP contribution in [0, 0.1) is 5.92 Å². The van der Waals surface area contributed by atoms with Crippen molar-refractivity contribution in [2.24, 2.45) is 5.92 Å². The Morgan fingerprint density at radius 1 is 1.19 bits per heavy atom. The number of esters is 1. The molecule has 192 valence electrons. The first kappa shape index (κ1) is 26.3. The molecule has 1 unspecified atom stereocenters. The highest BCUT2D eigenvalue weighted by Gasteiger charge is 2.32. The summed E-state index contributed by atoms with van der Waals surface area (Å²) in [5.41, 5.74) is 1.07. The molecular formula is C26H32N4O4S2. The van der Waals surface area contributed by atoms with Crippen LogP contribution < -0.4 is 0 Å². The fraction of sp³-hybridized carbons (Fsp3) is 0.500. The van der Waals surface area contributed by atoms with Gasteiger partial charge in [-0.2, -0.15) is 0 Å². The number of carbonyl (C=O) groups is 3. The Morgan fingerprint density at radius 3 is 2.75 bits per heavy atom. The zero-order valence-corrected chi connectivity index (χ0v) is 22.2. The SMILES string of the molecule is C=CCSc1ncccc1C(=O)N1CCC(c2nc(C(=O)N3CCCC(C(=O)OCC)C3)cs2)CC1. The maximum Gasteiger partial charge on any atom is 0.310 e. The molecule has 2 aromatic rings. The van der Waals surface area contributed by atoms with Crippen molar-refractivity contribution in [3.63, 3.8) is 0 Å². The molecule has 0 bridgehead atoms. The number of pyridine rings is 1. The van der Waals surface area contributed by atoms with Crippen molar-refractivity contribution in [3.05, 3.63) is 52.6 Å². The van der Waals surface area contributed by atoms with Gasteiger partial charge in [0, 0.05) is 49.4 Å². The van der Waals surface area contributed by atoms with Crippen LogP contribution in [-0.2, 0) is 9.53 Å². The van der Waals surface area contributed by atoms with Gasteiger partial charge in [0.15, 0.2) is 0 Å². The zero-order valence-electron chi connectivity index (χ0n) is 20.6. The topological polar surface area (TPSA) is 92.7 Å². The summed E-state index contributed by atoms with van der Waals surface area (Å²) in [6.07, 6.45) is 6.64. The van der Waals surface area contributed by atoms with Crippen molar-refractivity contribution in [2.75, 3.05) is 38.5 Å². The first-order valence-electron chi connectivity index (χ1n) is 12.4. The van der Waals surface area contributed by atoms with Gasteiger partial charge in [-0.25, -0.2) is 9.97 Å². The van der Waals surface area contributed by atoms with Gasteiger partial charge in [0.2, 0.25) is 0 Å². The molecule has 0 aliphatic carbocycles. The summed E-state index contributed by atoms with van der Waals surface area (Å²) < 4.78 is 5.15. The number of nitrogens with zero attached hydrogens (tertiary/aromatic N) is 4.